The molecule has 1 aromatic carbocycles. The molecule has 0 aromatic heterocycles. The Morgan fingerprint density at radius 1 is 1.47 bits per heavy atom. The van der Waals surface area contributed by atoms with Gasteiger partial charge in [-0.15, -0.1) is 0 Å². The summed E-state index contributed by atoms with van der Waals surface area (Å²) in [5.74, 6) is 0. The Labute approximate surface area is 87.4 Å². The van der Waals surface area contributed by atoms with Gasteiger partial charge in [-0.25, -0.2) is 0 Å². The second-order valence-electron chi connectivity index (χ2n) is 3.10. The highest BCUT2D eigenvalue weighted by molar-refractivity contribution is 5.60. The number of carbonyl (C=O) groups excluding carboxylic acids is 1. The van der Waals surface area contributed by atoms with Crippen LogP contribution in [-0.2, 0) is 4.79 Å². The Kier molecular flexibility index (Phi) is 3.74. The van der Waals surface area contributed by atoms with Crippen LogP contribution in [0.1, 0.15) is 17.5 Å². The van der Waals surface area contributed by atoms with Gasteiger partial charge in [0.2, 0.25) is 0 Å². The number of rotatable bonds is 4. The summed E-state index contributed by atoms with van der Waals surface area (Å²) < 4.78 is 0. The molecule has 0 spiro atoms. The smallest absolute Gasteiger partial charge is 0.269 e. The van der Waals surface area contributed by atoms with Crippen LogP contribution in [0.2, 0.25) is 0 Å². The SMILES string of the molecule is Cc1cc([N+](=O)[O-])ccc1C=CCC=O. The molecular formula is C11H11NO3. The monoisotopic (exact) mass is 205 g/mol. The molecule has 4 nitrogen and oxygen atoms in total. The number of hydrogen-bond donors (Lipinski definition) is 0. The fourth-order valence-corrected chi connectivity index (χ4v) is 1.21. The van der Waals surface area contributed by atoms with Crippen molar-refractivity contribution in [3.8, 4) is 0 Å². The summed E-state index contributed by atoms with van der Waals surface area (Å²) in [6.45, 7) is 1.80. The van der Waals surface area contributed by atoms with E-state index in [0.717, 1.165) is 17.4 Å². The van der Waals surface area contributed by atoms with Gasteiger partial charge in [0.05, 0.1) is 4.92 Å². The summed E-state index contributed by atoms with van der Waals surface area (Å²) >= 11 is 0. The lowest BCUT2D eigenvalue weighted by atomic mass is 10.1. The first kappa shape index (κ1) is 11.1. The van der Waals surface area contributed by atoms with Crippen molar-refractivity contribution in [3.63, 3.8) is 0 Å². The third-order valence-electron chi connectivity index (χ3n) is 1.99. The summed E-state index contributed by atoms with van der Waals surface area (Å²) in [5.41, 5.74) is 1.80. The van der Waals surface area contributed by atoms with Crippen molar-refractivity contribution in [3.05, 3.63) is 45.5 Å². The van der Waals surface area contributed by atoms with Gasteiger partial charge in [-0.05, 0) is 24.1 Å². The van der Waals surface area contributed by atoms with Gasteiger partial charge in [0.15, 0.2) is 0 Å². The highest BCUT2D eigenvalue weighted by Crippen LogP contribution is 2.18. The first-order valence-corrected chi connectivity index (χ1v) is 4.50. The Bertz CT molecular complexity index is 410. The van der Waals surface area contributed by atoms with Gasteiger partial charge in [-0.1, -0.05) is 12.2 Å². The zero-order valence-corrected chi connectivity index (χ0v) is 8.34. The normalized spacial score (nSPS) is 10.5. The number of nitro benzene ring substituents is 1. The van der Waals surface area contributed by atoms with Gasteiger partial charge in [0, 0.05) is 18.6 Å². The van der Waals surface area contributed by atoms with Crippen LogP contribution in [0.5, 0.6) is 0 Å². The zero-order chi connectivity index (χ0) is 11.3. The predicted octanol–water partition coefficient (Wildman–Crippen LogP) is 2.51. The standard InChI is InChI=1S/C11H11NO3/c1-9-8-11(12(14)15)6-5-10(9)4-2-3-7-13/h2,4-8H,3H2,1H3. The molecule has 0 bridgehead atoms. The lowest BCUT2D eigenvalue weighted by molar-refractivity contribution is -0.384. The van der Waals surface area contributed by atoms with Gasteiger partial charge < -0.3 is 4.79 Å². The molecule has 0 saturated heterocycles. The van der Waals surface area contributed by atoms with Crippen molar-refractivity contribution in [1.29, 1.82) is 0 Å². The van der Waals surface area contributed by atoms with E-state index >= 15 is 0 Å². The van der Waals surface area contributed by atoms with Crippen molar-refractivity contribution < 1.29 is 9.72 Å². The quantitative estimate of drug-likeness (QED) is 0.431. The van der Waals surface area contributed by atoms with Gasteiger partial charge in [-0.3, -0.25) is 10.1 Å². The van der Waals surface area contributed by atoms with E-state index in [1.54, 1.807) is 25.1 Å². The second-order valence-corrected chi connectivity index (χ2v) is 3.10. The Balaban J connectivity index is 2.93. The number of benzene rings is 1. The third-order valence-corrected chi connectivity index (χ3v) is 1.99. The van der Waals surface area contributed by atoms with Crippen molar-refractivity contribution in [2.75, 3.05) is 0 Å². The van der Waals surface area contributed by atoms with E-state index in [0.29, 0.717) is 6.42 Å². The van der Waals surface area contributed by atoms with Gasteiger partial charge >= 0.3 is 0 Å². The number of nitro groups is 1. The average Bonchev–Trinajstić information content (AvgIpc) is 2.20. The fraction of sp³-hybridized carbons (Fsp3) is 0.182. The van der Waals surface area contributed by atoms with E-state index in [1.807, 2.05) is 0 Å². The molecule has 0 aliphatic carbocycles. The minimum absolute atomic E-state index is 0.0834. The van der Waals surface area contributed by atoms with Crippen LogP contribution in [0.15, 0.2) is 24.3 Å². The largest absolute Gasteiger partial charge is 0.303 e. The van der Waals surface area contributed by atoms with Crippen LogP contribution >= 0.6 is 0 Å². The van der Waals surface area contributed by atoms with E-state index in [-0.39, 0.29) is 5.69 Å². The topological polar surface area (TPSA) is 60.2 Å². The lowest BCUT2D eigenvalue weighted by Gasteiger charge is -1.99. The highest BCUT2D eigenvalue weighted by Gasteiger charge is 2.05. The number of carbonyl (C=O) groups is 1. The van der Waals surface area contributed by atoms with Gasteiger partial charge in [-0.2, -0.15) is 0 Å². The number of aryl methyl sites for hydroxylation is 1. The van der Waals surface area contributed by atoms with Crippen LogP contribution < -0.4 is 0 Å². The van der Waals surface area contributed by atoms with Crippen molar-refractivity contribution >= 4 is 18.0 Å². The van der Waals surface area contributed by atoms with Crippen molar-refractivity contribution in [2.24, 2.45) is 0 Å². The molecule has 1 rings (SSSR count). The average molecular weight is 205 g/mol. The molecule has 0 aliphatic rings. The minimum atomic E-state index is -0.425. The van der Waals surface area contributed by atoms with Crippen LogP contribution in [0.3, 0.4) is 0 Å². The van der Waals surface area contributed by atoms with E-state index in [4.69, 9.17) is 0 Å². The summed E-state index contributed by atoms with van der Waals surface area (Å²) in [6.07, 6.45) is 4.67. The second kappa shape index (κ2) is 5.05. The fourth-order valence-electron chi connectivity index (χ4n) is 1.21. The first-order valence-electron chi connectivity index (χ1n) is 4.50. The molecule has 0 atom stereocenters. The summed E-state index contributed by atoms with van der Waals surface area (Å²) in [4.78, 5) is 20.1. The summed E-state index contributed by atoms with van der Waals surface area (Å²) in [5, 5.41) is 10.5. The van der Waals surface area contributed by atoms with Crippen molar-refractivity contribution in [1.82, 2.24) is 0 Å². The highest BCUT2D eigenvalue weighted by atomic mass is 16.6. The van der Waals surface area contributed by atoms with Gasteiger partial charge in [0.1, 0.15) is 6.29 Å². The number of nitrogens with zero attached hydrogens (tertiary/aromatic N) is 1. The van der Waals surface area contributed by atoms with Crippen LogP contribution in [0, 0.1) is 17.0 Å². The summed E-state index contributed by atoms with van der Waals surface area (Å²) in [6, 6.07) is 4.64. The Morgan fingerprint density at radius 2 is 2.20 bits per heavy atom. The minimum Gasteiger partial charge on any atom is -0.303 e. The van der Waals surface area contributed by atoms with E-state index in [9.17, 15) is 14.9 Å². The van der Waals surface area contributed by atoms with E-state index in [1.165, 1.54) is 12.1 Å². The molecular weight excluding hydrogens is 194 g/mol. The first-order chi connectivity index (χ1) is 7.15. The number of aldehydes is 1. The van der Waals surface area contributed by atoms with Crippen molar-refractivity contribution in [2.45, 2.75) is 13.3 Å². The molecule has 78 valence electrons. The third kappa shape index (κ3) is 3.02. The molecule has 4 heteroatoms. The molecule has 0 aliphatic heterocycles. The molecule has 0 amide bonds. The molecule has 15 heavy (non-hydrogen) atoms. The molecule has 0 saturated carbocycles. The number of hydrogen-bond acceptors (Lipinski definition) is 3. The molecule has 1 aromatic rings. The molecule has 0 fully saturated rings. The van der Waals surface area contributed by atoms with Gasteiger partial charge in [0.25, 0.3) is 5.69 Å². The predicted molar refractivity (Wildman–Crippen MR) is 57.5 cm³/mol. The number of allylic oxidation sites excluding steroid dienone is 1. The Morgan fingerprint density at radius 3 is 2.73 bits per heavy atom. The number of non-ortho nitro benzene ring substituents is 1. The maximum absolute atomic E-state index is 10.5. The summed E-state index contributed by atoms with van der Waals surface area (Å²) in [7, 11) is 0. The molecule has 0 heterocycles. The maximum atomic E-state index is 10.5. The van der Waals surface area contributed by atoms with E-state index < -0.39 is 4.92 Å². The van der Waals surface area contributed by atoms with Crippen LogP contribution in [-0.4, -0.2) is 11.2 Å². The van der Waals surface area contributed by atoms with Crippen LogP contribution in [0.25, 0.3) is 6.08 Å². The van der Waals surface area contributed by atoms with E-state index in [2.05, 4.69) is 0 Å². The molecule has 0 unspecified atom stereocenters. The van der Waals surface area contributed by atoms with Crippen LogP contribution in [0.4, 0.5) is 5.69 Å². The molecule has 0 N–H and O–H groups in total. The lowest BCUT2D eigenvalue weighted by Crippen LogP contribution is -1.89. The Hall–Kier alpha value is -1.97. The zero-order valence-electron chi connectivity index (χ0n) is 8.34. The maximum Gasteiger partial charge on any atom is 0.269 e. The molecule has 0 radical (unpaired) electrons.